The Morgan fingerprint density at radius 1 is 1.53 bits per heavy atom. The van der Waals surface area contributed by atoms with Crippen LogP contribution in [0.1, 0.15) is 0 Å². The number of hydroxylamine groups is 2. The highest BCUT2D eigenvalue weighted by Gasteiger charge is 2.29. The lowest BCUT2D eigenvalue weighted by molar-refractivity contribution is -0.384. The van der Waals surface area contributed by atoms with Gasteiger partial charge >= 0.3 is 0 Å². The third kappa shape index (κ3) is 4.03. The van der Waals surface area contributed by atoms with Gasteiger partial charge in [-0.3, -0.25) is 10.1 Å². The zero-order valence-corrected chi connectivity index (χ0v) is 8.37. The summed E-state index contributed by atoms with van der Waals surface area (Å²) in [5.41, 5.74) is 5.41. The van der Waals surface area contributed by atoms with Gasteiger partial charge in [-0.1, -0.05) is 18.2 Å². The monoisotopic (exact) mass is 211 g/mol. The summed E-state index contributed by atoms with van der Waals surface area (Å²) in [5, 5.41) is 11.7. The summed E-state index contributed by atoms with van der Waals surface area (Å²) in [6, 6.07) is 7.93. The molecule has 1 saturated heterocycles. The lowest BCUT2D eigenvalue weighted by Gasteiger charge is -1.89. The number of hydrogen-bond acceptors (Lipinski definition) is 5. The molecule has 6 nitrogen and oxygen atoms in total. The van der Waals surface area contributed by atoms with E-state index in [9.17, 15) is 10.1 Å². The molecule has 82 valence electrons. The number of non-ortho nitro benzene ring substituents is 1. The predicted molar refractivity (Wildman–Crippen MR) is 54.8 cm³/mol. The second-order valence-corrected chi connectivity index (χ2v) is 2.94. The van der Waals surface area contributed by atoms with Crippen LogP contribution in [0.2, 0.25) is 0 Å². The lowest BCUT2D eigenvalue weighted by atomic mass is 10.3. The van der Waals surface area contributed by atoms with Crippen molar-refractivity contribution in [3.63, 3.8) is 0 Å². The van der Waals surface area contributed by atoms with Crippen molar-refractivity contribution < 1.29 is 9.76 Å². The Morgan fingerprint density at radius 2 is 2.07 bits per heavy atom. The number of hydrogen-bond donors (Lipinski definition) is 1. The summed E-state index contributed by atoms with van der Waals surface area (Å²) in [6.07, 6.45) is 0.176. The lowest BCUT2D eigenvalue weighted by Crippen LogP contribution is -2.08. The van der Waals surface area contributed by atoms with Crippen molar-refractivity contribution in [3.8, 4) is 0 Å². The van der Waals surface area contributed by atoms with E-state index in [1.54, 1.807) is 30.4 Å². The number of rotatable bonds is 2. The van der Waals surface area contributed by atoms with Crippen molar-refractivity contribution in [1.29, 1.82) is 0 Å². The molecule has 0 radical (unpaired) electrons. The molecule has 2 N–H and O–H groups in total. The maximum absolute atomic E-state index is 10.0. The molecule has 0 saturated carbocycles. The van der Waals surface area contributed by atoms with Crippen molar-refractivity contribution in [2.75, 3.05) is 13.7 Å². The molecule has 1 aromatic carbocycles. The Labute approximate surface area is 87.3 Å². The Balaban J connectivity index is 0.000000162. The summed E-state index contributed by atoms with van der Waals surface area (Å²) in [5.74, 6) is 0. The summed E-state index contributed by atoms with van der Waals surface area (Å²) in [7, 11) is 1.62. The molecule has 1 fully saturated rings. The van der Waals surface area contributed by atoms with E-state index in [1.807, 2.05) is 0 Å². The number of nitrogens with two attached hydrogens (primary N) is 1. The van der Waals surface area contributed by atoms with Crippen LogP contribution in [0, 0.1) is 10.1 Å². The number of nitro benzene ring substituents is 1. The van der Waals surface area contributed by atoms with E-state index < -0.39 is 4.92 Å². The number of nitro groups is 1. The minimum absolute atomic E-state index is 0.137. The number of nitrogens with zero attached hydrogens (tertiary/aromatic N) is 2. The van der Waals surface area contributed by atoms with E-state index >= 15 is 0 Å². The molecule has 1 heterocycles. The molecule has 6 heteroatoms. The van der Waals surface area contributed by atoms with Gasteiger partial charge < -0.3 is 10.6 Å². The molecule has 1 aliphatic heterocycles. The van der Waals surface area contributed by atoms with Gasteiger partial charge in [0, 0.05) is 12.1 Å². The van der Waals surface area contributed by atoms with Gasteiger partial charge in [-0.05, 0) is 0 Å². The van der Waals surface area contributed by atoms with Crippen molar-refractivity contribution in [3.05, 3.63) is 40.4 Å². The van der Waals surface area contributed by atoms with Crippen LogP contribution in [0.15, 0.2) is 30.3 Å². The molecule has 2 atom stereocenters. The van der Waals surface area contributed by atoms with Gasteiger partial charge in [0.15, 0.2) is 0 Å². The van der Waals surface area contributed by atoms with Crippen LogP contribution in [-0.2, 0) is 4.84 Å². The molecule has 1 aliphatic rings. The maximum atomic E-state index is 10.0. The topological polar surface area (TPSA) is 81.4 Å². The minimum Gasteiger partial charge on any atom is -0.313 e. The van der Waals surface area contributed by atoms with Crippen molar-refractivity contribution >= 4 is 5.69 Å². The van der Waals surface area contributed by atoms with Crippen LogP contribution in [0.3, 0.4) is 0 Å². The summed E-state index contributed by atoms with van der Waals surface area (Å²) in [4.78, 5) is 14.3. The van der Waals surface area contributed by atoms with Crippen LogP contribution < -0.4 is 5.73 Å². The van der Waals surface area contributed by atoms with E-state index in [4.69, 9.17) is 5.73 Å². The fourth-order valence-electron chi connectivity index (χ4n) is 0.897. The third-order valence-corrected chi connectivity index (χ3v) is 1.80. The maximum Gasteiger partial charge on any atom is 0.269 e. The highest BCUT2D eigenvalue weighted by atomic mass is 16.7. The predicted octanol–water partition coefficient (Wildman–Crippen LogP) is 0.743. The van der Waals surface area contributed by atoms with Gasteiger partial charge in [0.2, 0.25) is 0 Å². The highest BCUT2D eigenvalue weighted by Crippen LogP contribution is 2.08. The van der Waals surface area contributed by atoms with E-state index in [-0.39, 0.29) is 11.9 Å². The Kier molecular flexibility index (Phi) is 4.17. The molecule has 1 aromatic rings. The Bertz CT molecular complexity index is 316. The molecular formula is C9H13N3O3. The second-order valence-electron chi connectivity index (χ2n) is 2.94. The first kappa shape index (κ1) is 11.6. The van der Waals surface area contributed by atoms with Gasteiger partial charge in [0.05, 0.1) is 24.7 Å². The summed E-state index contributed by atoms with van der Waals surface area (Å²) in [6.45, 7) is 0.885. The molecule has 0 aromatic heterocycles. The molecule has 0 spiro atoms. The van der Waals surface area contributed by atoms with Crippen molar-refractivity contribution in [2.45, 2.75) is 6.17 Å². The summed E-state index contributed by atoms with van der Waals surface area (Å²) < 4.78 is 0. The molecule has 2 rings (SSSR count). The van der Waals surface area contributed by atoms with Crippen molar-refractivity contribution in [2.24, 2.45) is 5.73 Å². The van der Waals surface area contributed by atoms with E-state index in [0.29, 0.717) is 0 Å². The average molecular weight is 211 g/mol. The van der Waals surface area contributed by atoms with E-state index in [1.165, 1.54) is 12.1 Å². The van der Waals surface area contributed by atoms with Crippen LogP contribution in [0.5, 0.6) is 0 Å². The van der Waals surface area contributed by atoms with E-state index in [0.717, 1.165) is 6.54 Å². The quantitative estimate of drug-likeness (QED) is 0.443. The standard InChI is InChI=1S/C6H5NO2.C3H8N2O/c8-7(9)6-4-2-1-3-5-6;1-6-5-2-3(5)4/h1-5H;3H,2,4H2,1H3. The third-order valence-electron chi connectivity index (χ3n) is 1.80. The molecule has 15 heavy (non-hydrogen) atoms. The van der Waals surface area contributed by atoms with Gasteiger partial charge in [-0.15, -0.1) is 0 Å². The number of para-hydroxylation sites is 1. The SMILES string of the molecule is CON1CC1N.O=[N+]([O-])c1ccccc1. The highest BCUT2D eigenvalue weighted by molar-refractivity contribution is 5.27. The molecule has 0 amide bonds. The van der Waals surface area contributed by atoms with Gasteiger partial charge in [-0.2, -0.15) is 5.06 Å². The van der Waals surface area contributed by atoms with Crippen LogP contribution in [0.25, 0.3) is 0 Å². The summed E-state index contributed by atoms with van der Waals surface area (Å²) >= 11 is 0. The second kappa shape index (κ2) is 5.40. The minimum atomic E-state index is -0.417. The zero-order chi connectivity index (χ0) is 11.3. The van der Waals surface area contributed by atoms with Gasteiger partial charge in [0.1, 0.15) is 0 Å². The number of benzene rings is 1. The smallest absolute Gasteiger partial charge is 0.269 e. The zero-order valence-electron chi connectivity index (χ0n) is 8.37. The largest absolute Gasteiger partial charge is 0.313 e. The molecular weight excluding hydrogens is 198 g/mol. The first-order valence-electron chi connectivity index (χ1n) is 4.41. The Hall–Kier alpha value is -1.50. The fourth-order valence-corrected chi connectivity index (χ4v) is 0.897. The van der Waals surface area contributed by atoms with Gasteiger partial charge in [-0.25, -0.2) is 0 Å². The molecule has 0 aliphatic carbocycles. The fraction of sp³-hybridized carbons (Fsp3) is 0.333. The first-order valence-corrected chi connectivity index (χ1v) is 4.41. The van der Waals surface area contributed by atoms with Crippen molar-refractivity contribution in [1.82, 2.24) is 5.06 Å². The molecule has 2 unspecified atom stereocenters. The first-order chi connectivity index (χ1) is 7.15. The van der Waals surface area contributed by atoms with Crippen LogP contribution in [0.4, 0.5) is 5.69 Å². The van der Waals surface area contributed by atoms with Crippen LogP contribution >= 0.6 is 0 Å². The van der Waals surface area contributed by atoms with Gasteiger partial charge in [0.25, 0.3) is 5.69 Å². The van der Waals surface area contributed by atoms with Crippen LogP contribution in [-0.4, -0.2) is 29.8 Å². The molecule has 0 bridgehead atoms. The average Bonchev–Trinajstić information content (AvgIpc) is 2.97. The Morgan fingerprint density at radius 3 is 2.27 bits per heavy atom. The normalized spacial score (nSPS) is 22.5. The van der Waals surface area contributed by atoms with E-state index in [2.05, 4.69) is 4.84 Å².